The van der Waals surface area contributed by atoms with Crippen LogP contribution in [-0.2, 0) is 33.4 Å². The Morgan fingerprint density at radius 1 is 0.815 bits per heavy atom. The van der Waals surface area contributed by atoms with E-state index in [1.165, 1.54) is 12.1 Å². The van der Waals surface area contributed by atoms with Crippen molar-refractivity contribution in [3.8, 4) is 11.5 Å². The normalized spacial score (nSPS) is 22.5. The van der Waals surface area contributed by atoms with E-state index >= 15 is 4.39 Å². The number of alkyl halides is 6. The zero-order chi connectivity index (χ0) is 46.4. The summed E-state index contributed by atoms with van der Waals surface area (Å²) in [6, 6.07) is 11.7. The highest BCUT2D eigenvalue weighted by Crippen LogP contribution is 2.53. The van der Waals surface area contributed by atoms with Gasteiger partial charge in [0.25, 0.3) is 0 Å². The van der Waals surface area contributed by atoms with Crippen LogP contribution in [0, 0.1) is 10.8 Å². The van der Waals surface area contributed by atoms with Crippen LogP contribution in [0.5, 0.6) is 11.5 Å². The van der Waals surface area contributed by atoms with Crippen molar-refractivity contribution in [2.75, 3.05) is 44.9 Å². The van der Waals surface area contributed by atoms with Gasteiger partial charge >= 0.3 is 6.18 Å². The third-order valence-electron chi connectivity index (χ3n) is 13.6. The van der Waals surface area contributed by atoms with E-state index in [1.807, 2.05) is 45.0 Å². The fraction of sp³-hybridized carbons (Fsp3) is 0.580. The lowest BCUT2D eigenvalue weighted by atomic mass is 9.68. The summed E-state index contributed by atoms with van der Waals surface area (Å²) in [4.78, 5) is 16.7. The van der Waals surface area contributed by atoms with Crippen LogP contribution in [-0.4, -0.2) is 66.7 Å². The van der Waals surface area contributed by atoms with Gasteiger partial charge in [0, 0.05) is 54.1 Å². The molecule has 2 aliphatic carbocycles. The third kappa shape index (κ3) is 10.9. The van der Waals surface area contributed by atoms with Gasteiger partial charge in [0.2, 0.25) is 11.9 Å². The Morgan fingerprint density at radius 3 is 2.05 bits per heavy atom. The van der Waals surface area contributed by atoms with Gasteiger partial charge in [-0.15, -0.1) is 0 Å². The first-order chi connectivity index (χ1) is 30.7. The molecule has 2 saturated heterocycles. The summed E-state index contributed by atoms with van der Waals surface area (Å²) < 4.78 is 119. The molecule has 3 fully saturated rings. The highest BCUT2D eigenvalue weighted by Gasteiger charge is 2.45. The summed E-state index contributed by atoms with van der Waals surface area (Å²) in [6.07, 6.45) is -1.97. The van der Waals surface area contributed by atoms with Gasteiger partial charge in [-0.05, 0) is 105 Å². The number of methoxy groups -OCH3 is 1. The van der Waals surface area contributed by atoms with Crippen LogP contribution in [0.2, 0.25) is 0 Å². The molecule has 2 aliphatic heterocycles. The number of halogens is 6. The number of anilines is 1. The van der Waals surface area contributed by atoms with Crippen LogP contribution in [0.15, 0.2) is 60.9 Å². The molecule has 4 aromatic rings. The Kier molecular flexibility index (Phi) is 13.3. The van der Waals surface area contributed by atoms with Crippen LogP contribution < -0.4 is 14.4 Å². The first-order valence-corrected chi connectivity index (χ1v) is 22.7. The van der Waals surface area contributed by atoms with E-state index in [9.17, 15) is 22.0 Å². The Labute approximate surface area is 377 Å². The monoisotopic (exact) mass is 910 g/mol. The average Bonchev–Trinajstić information content (AvgIpc) is 3.28. The summed E-state index contributed by atoms with van der Waals surface area (Å²) in [5, 5.41) is 0. The fourth-order valence-electron chi connectivity index (χ4n) is 9.76. The minimum atomic E-state index is -4.61. The smallest absolute Gasteiger partial charge is 0.416 e. The molecule has 15 heteroatoms. The molecule has 0 amide bonds. The Bertz CT molecular complexity index is 2240. The molecule has 65 heavy (non-hydrogen) atoms. The summed E-state index contributed by atoms with van der Waals surface area (Å²) in [5.41, 5.74) is 2.38. The first kappa shape index (κ1) is 47.0. The number of piperidine rings is 1. The lowest BCUT2D eigenvalue weighted by molar-refractivity contribution is -0.285. The third-order valence-corrected chi connectivity index (χ3v) is 13.6. The van der Waals surface area contributed by atoms with Crippen LogP contribution >= 0.6 is 0 Å². The van der Waals surface area contributed by atoms with Crippen molar-refractivity contribution < 1.29 is 50.0 Å². The molecule has 0 radical (unpaired) electrons. The Hall–Kier alpha value is -4.47. The Balaban J connectivity index is 1.13. The molecule has 0 bridgehead atoms. The highest BCUT2D eigenvalue weighted by atomic mass is 19.4. The Morgan fingerprint density at radius 2 is 1.45 bits per heavy atom. The number of rotatable bonds is 12. The summed E-state index contributed by atoms with van der Waals surface area (Å²) in [6.45, 7) is 12.7. The number of hydrogen-bond acceptors (Lipinski definition) is 9. The van der Waals surface area contributed by atoms with Crippen molar-refractivity contribution in [3.05, 3.63) is 106 Å². The molecule has 0 spiro atoms. The first-order valence-electron chi connectivity index (χ1n) is 22.7. The molecule has 4 aliphatic rings. The zero-order valence-corrected chi connectivity index (χ0v) is 38.1. The second-order valence-electron chi connectivity index (χ2n) is 20.0. The average molecular weight is 911 g/mol. The second-order valence-corrected chi connectivity index (χ2v) is 20.0. The number of pyridine rings is 1. The molecule has 352 valence electrons. The highest BCUT2D eigenvalue weighted by molar-refractivity contribution is 5.51. The van der Waals surface area contributed by atoms with E-state index in [0.29, 0.717) is 87.3 Å². The van der Waals surface area contributed by atoms with Crippen LogP contribution in [0.25, 0.3) is 0 Å². The molecular formula is C50H60F6N4O5. The largest absolute Gasteiger partial charge is 0.497 e. The zero-order valence-electron chi connectivity index (χ0n) is 38.1. The van der Waals surface area contributed by atoms with Gasteiger partial charge in [-0.2, -0.15) is 13.2 Å². The van der Waals surface area contributed by atoms with Crippen molar-refractivity contribution in [2.24, 2.45) is 10.8 Å². The molecule has 1 unspecified atom stereocenters. The molecule has 2 aromatic carbocycles. The number of fused-ring (bicyclic) bond motifs is 1. The molecule has 0 N–H and O–H groups in total. The van der Waals surface area contributed by atoms with Gasteiger partial charge in [-0.1, -0.05) is 45.0 Å². The van der Waals surface area contributed by atoms with Crippen LogP contribution in [0.4, 0.5) is 32.3 Å². The molecule has 2 atom stereocenters. The number of benzene rings is 2. The van der Waals surface area contributed by atoms with E-state index in [0.717, 1.165) is 29.0 Å². The van der Waals surface area contributed by atoms with E-state index in [4.69, 9.17) is 28.7 Å². The quantitative estimate of drug-likeness (QED) is 0.129. The SMILES string of the molecule is COc1ccc(CO[C@H]2CC(C)(C)Cc3nc(C4CCN(c5ncc(OCC6(C)COC(C)(C)OC6)cn5)CC4)c(C(F)c4ccc(C(F)(F)F)cc4)c(C4CCC(F)(F)CC4)c32)cc1. The van der Waals surface area contributed by atoms with E-state index < -0.39 is 41.6 Å². The maximum absolute atomic E-state index is 17.9. The predicted molar refractivity (Wildman–Crippen MR) is 233 cm³/mol. The molecule has 8 rings (SSSR count). The maximum Gasteiger partial charge on any atom is 0.416 e. The van der Waals surface area contributed by atoms with E-state index in [-0.39, 0.29) is 60.2 Å². The van der Waals surface area contributed by atoms with Crippen molar-refractivity contribution in [2.45, 2.75) is 135 Å². The number of ether oxygens (including phenoxy) is 5. The summed E-state index contributed by atoms with van der Waals surface area (Å²) in [5.74, 6) is -2.46. The second kappa shape index (κ2) is 18.3. The summed E-state index contributed by atoms with van der Waals surface area (Å²) >= 11 is 0. The minimum absolute atomic E-state index is 0.0461. The van der Waals surface area contributed by atoms with Crippen molar-refractivity contribution in [3.63, 3.8) is 0 Å². The topological polar surface area (TPSA) is 88.1 Å². The van der Waals surface area contributed by atoms with Gasteiger partial charge < -0.3 is 28.6 Å². The van der Waals surface area contributed by atoms with Crippen LogP contribution in [0.1, 0.15) is 148 Å². The van der Waals surface area contributed by atoms with Crippen LogP contribution in [0.3, 0.4) is 0 Å². The molecule has 9 nitrogen and oxygen atoms in total. The maximum atomic E-state index is 17.9. The fourth-order valence-corrected chi connectivity index (χ4v) is 9.76. The standard InChI is InChI=1S/C50H60F6N4O5/c1-46(2)23-38-41(39(24-46)62-27-31-7-13-36(61-6)14-8-31)40(32-15-19-49(52,53)20-16-32)42(43(51)33-9-11-35(12-10-33)50(54,55)56)44(59-38)34-17-21-60(22-18-34)45-57-25-37(26-58-45)63-28-48(5)29-64-47(3,4)65-30-48/h7-14,25-26,32,34,39,43H,15-24,27-30H2,1-6H3/t39-,43?/m0/s1. The van der Waals surface area contributed by atoms with Gasteiger partial charge in [0.1, 0.15) is 5.75 Å². The van der Waals surface area contributed by atoms with Gasteiger partial charge in [-0.3, -0.25) is 4.98 Å². The number of nitrogens with zero attached hydrogens (tertiary/aromatic N) is 4. The number of hydrogen-bond donors (Lipinski definition) is 0. The number of aromatic nitrogens is 3. The molecule has 1 saturated carbocycles. The van der Waals surface area contributed by atoms with Crippen molar-refractivity contribution in [1.29, 1.82) is 0 Å². The van der Waals surface area contributed by atoms with Gasteiger partial charge in [0.05, 0.1) is 63.3 Å². The predicted octanol–water partition coefficient (Wildman–Crippen LogP) is 12.0. The lowest BCUT2D eigenvalue weighted by Crippen LogP contribution is -2.47. The van der Waals surface area contributed by atoms with E-state index in [1.54, 1.807) is 19.5 Å². The molecule has 2 aromatic heterocycles. The molecule has 4 heterocycles. The van der Waals surface area contributed by atoms with Gasteiger partial charge in [-0.25, -0.2) is 23.1 Å². The van der Waals surface area contributed by atoms with Gasteiger partial charge in [0.15, 0.2) is 17.7 Å². The van der Waals surface area contributed by atoms with Crippen molar-refractivity contribution >= 4 is 5.95 Å². The summed E-state index contributed by atoms with van der Waals surface area (Å²) in [7, 11) is 1.59. The lowest BCUT2D eigenvalue weighted by Gasteiger charge is -2.42. The minimum Gasteiger partial charge on any atom is -0.497 e. The van der Waals surface area contributed by atoms with Crippen molar-refractivity contribution in [1.82, 2.24) is 15.0 Å². The van der Waals surface area contributed by atoms with E-state index in [2.05, 4.69) is 28.7 Å². The molecular weight excluding hydrogens is 851 g/mol.